The number of benzene rings is 1. The van der Waals surface area contributed by atoms with Gasteiger partial charge in [0.15, 0.2) is 11.9 Å². The number of rotatable bonds is 4. The molecule has 0 bridgehead atoms. The molecule has 1 aromatic carbocycles. The topological polar surface area (TPSA) is 98.4 Å². The minimum absolute atomic E-state index is 0.00593. The summed E-state index contributed by atoms with van der Waals surface area (Å²) in [5.74, 6) is -2.00. The highest BCUT2D eigenvalue weighted by atomic mass is 35.5. The van der Waals surface area contributed by atoms with Gasteiger partial charge in [-0.25, -0.2) is 4.79 Å². The van der Waals surface area contributed by atoms with Crippen LogP contribution in [0, 0.1) is 11.3 Å². The van der Waals surface area contributed by atoms with E-state index in [1.165, 1.54) is 25.1 Å². The maximum absolute atomic E-state index is 11.8. The van der Waals surface area contributed by atoms with E-state index in [-0.39, 0.29) is 16.7 Å². The highest BCUT2D eigenvalue weighted by molar-refractivity contribution is 6.33. The van der Waals surface area contributed by atoms with Crippen molar-refractivity contribution in [1.82, 2.24) is 0 Å². The predicted molar refractivity (Wildman–Crippen MR) is 63.4 cm³/mol. The number of Topliss-reactive ketones (excluding diaryl/α,β-unsaturated/α-hetero) is 1. The molecular formula is C12H10ClNO4. The summed E-state index contributed by atoms with van der Waals surface area (Å²) in [7, 11) is 0. The molecule has 2 N–H and O–H groups in total. The molecule has 0 spiro atoms. The number of nitrogens with zero attached hydrogens (tertiary/aromatic N) is 1. The van der Waals surface area contributed by atoms with Gasteiger partial charge >= 0.3 is 5.97 Å². The van der Waals surface area contributed by atoms with Crippen molar-refractivity contribution in [2.75, 3.05) is 0 Å². The van der Waals surface area contributed by atoms with Crippen molar-refractivity contribution in [3.8, 4) is 6.07 Å². The maximum Gasteiger partial charge on any atom is 0.337 e. The molecule has 2 unspecified atom stereocenters. The summed E-state index contributed by atoms with van der Waals surface area (Å²) >= 11 is 5.65. The van der Waals surface area contributed by atoms with Crippen molar-refractivity contribution in [2.24, 2.45) is 0 Å². The van der Waals surface area contributed by atoms with Crippen molar-refractivity contribution < 1.29 is 19.8 Å². The lowest BCUT2D eigenvalue weighted by Crippen LogP contribution is -2.19. The highest BCUT2D eigenvalue weighted by Gasteiger charge is 2.25. The van der Waals surface area contributed by atoms with Gasteiger partial charge in [-0.1, -0.05) is 0 Å². The van der Waals surface area contributed by atoms with Gasteiger partial charge in [-0.05, 0) is 25.1 Å². The van der Waals surface area contributed by atoms with E-state index < -0.39 is 23.2 Å². The lowest BCUT2D eigenvalue weighted by atomic mass is 9.95. The fourth-order valence-electron chi connectivity index (χ4n) is 1.43. The van der Waals surface area contributed by atoms with E-state index >= 15 is 0 Å². The van der Waals surface area contributed by atoms with Crippen LogP contribution in [0.1, 0.15) is 34.5 Å². The van der Waals surface area contributed by atoms with Crippen LogP contribution in [-0.4, -0.2) is 27.3 Å². The van der Waals surface area contributed by atoms with E-state index in [0.29, 0.717) is 0 Å². The fourth-order valence-corrected chi connectivity index (χ4v) is 1.55. The van der Waals surface area contributed by atoms with E-state index in [1.54, 1.807) is 0 Å². The standard InChI is InChI=1S/C12H10ClNO4/c1-6(13)10(15)8-3-2-7(5-14)4-9(8)11(16)12(17)18/h2-4,6,11,16H,1H3,(H,17,18). The van der Waals surface area contributed by atoms with Crippen molar-refractivity contribution >= 4 is 23.4 Å². The van der Waals surface area contributed by atoms with E-state index in [0.717, 1.165) is 0 Å². The molecule has 94 valence electrons. The second-order valence-corrected chi connectivity index (χ2v) is 4.29. The van der Waals surface area contributed by atoms with Crippen LogP contribution < -0.4 is 0 Å². The molecule has 2 atom stereocenters. The number of nitriles is 1. The van der Waals surface area contributed by atoms with Crippen LogP contribution >= 0.6 is 11.6 Å². The Morgan fingerprint density at radius 1 is 1.44 bits per heavy atom. The molecule has 0 fully saturated rings. The number of aliphatic hydroxyl groups is 1. The number of hydrogen-bond donors (Lipinski definition) is 2. The zero-order valence-electron chi connectivity index (χ0n) is 9.42. The van der Waals surface area contributed by atoms with Crippen LogP contribution in [0.2, 0.25) is 0 Å². The van der Waals surface area contributed by atoms with Gasteiger partial charge in [0.25, 0.3) is 0 Å². The average molecular weight is 268 g/mol. The number of halogens is 1. The Labute approximate surface area is 108 Å². The van der Waals surface area contributed by atoms with E-state index in [1.807, 2.05) is 6.07 Å². The number of carboxylic acid groups (broad SMARTS) is 1. The molecule has 0 saturated carbocycles. The Morgan fingerprint density at radius 3 is 2.50 bits per heavy atom. The lowest BCUT2D eigenvalue weighted by Gasteiger charge is -2.12. The number of aliphatic carboxylic acids is 1. The molecule has 0 aromatic heterocycles. The van der Waals surface area contributed by atoms with E-state index in [4.69, 9.17) is 22.0 Å². The number of carbonyl (C=O) groups excluding carboxylic acids is 1. The van der Waals surface area contributed by atoms with Crippen LogP contribution in [0.15, 0.2) is 18.2 Å². The van der Waals surface area contributed by atoms with Crippen LogP contribution in [0.5, 0.6) is 0 Å². The van der Waals surface area contributed by atoms with Crippen molar-refractivity contribution in [2.45, 2.75) is 18.4 Å². The number of hydrogen-bond acceptors (Lipinski definition) is 4. The second-order valence-electron chi connectivity index (χ2n) is 3.63. The van der Waals surface area contributed by atoms with Gasteiger partial charge in [-0.3, -0.25) is 4.79 Å². The van der Waals surface area contributed by atoms with Crippen molar-refractivity contribution in [3.05, 3.63) is 34.9 Å². The summed E-state index contributed by atoms with van der Waals surface area (Å²) in [6.07, 6.45) is -1.87. The Hall–Kier alpha value is -1.90. The van der Waals surface area contributed by atoms with Gasteiger partial charge in [0.2, 0.25) is 0 Å². The molecule has 1 rings (SSSR count). The van der Waals surface area contributed by atoms with Gasteiger partial charge in [-0.2, -0.15) is 5.26 Å². The highest BCUT2D eigenvalue weighted by Crippen LogP contribution is 2.22. The quantitative estimate of drug-likeness (QED) is 0.636. The zero-order chi connectivity index (χ0) is 13.9. The van der Waals surface area contributed by atoms with Gasteiger partial charge < -0.3 is 10.2 Å². The van der Waals surface area contributed by atoms with E-state index in [9.17, 15) is 14.7 Å². The number of carbonyl (C=O) groups is 2. The summed E-state index contributed by atoms with van der Waals surface area (Å²) in [6.45, 7) is 1.44. The monoisotopic (exact) mass is 267 g/mol. The summed E-state index contributed by atoms with van der Waals surface area (Å²) in [5.41, 5.74) is 0.0366. The lowest BCUT2D eigenvalue weighted by molar-refractivity contribution is -0.146. The Balaban J connectivity index is 3.39. The first-order valence-corrected chi connectivity index (χ1v) is 5.45. The van der Waals surface area contributed by atoms with Gasteiger partial charge in [-0.15, -0.1) is 11.6 Å². The number of ketones is 1. The first kappa shape index (κ1) is 14.2. The van der Waals surface area contributed by atoms with Gasteiger partial charge in [0.1, 0.15) is 0 Å². The molecule has 18 heavy (non-hydrogen) atoms. The Kier molecular flexibility index (Phi) is 4.43. The summed E-state index contributed by atoms with van der Waals surface area (Å²) in [6, 6.07) is 5.64. The minimum Gasteiger partial charge on any atom is -0.479 e. The molecule has 5 nitrogen and oxygen atoms in total. The second kappa shape index (κ2) is 5.63. The molecule has 6 heteroatoms. The smallest absolute Gasteiger partial charge is 0.337 e. The predicted octanol–water partition coefficient (Wildman–Crippen LogP) is 1.49. The number of carboxylic acids is 1. The van der Waals surface area contributed by atoms with Crippen LogP contribution in [0.25, 0.3) is 0 Å². The summed E-state index contributed by atoms with van der Waals surface area (Å²) < 4.78 is 0. The molecule has 0 radical (unpaired) electrons. The van der Waals surface area contributed by atoms with Crippen LogP contribution in [0.4, 0.5) is 0 Å². The molecule has 0 aliphatic carbocycles. The molecule has 0 heterocycles. The first-order chi connectivity index (χ1) is 8.38. The molecule has 0 amide bonds. The Bertz CT molecular complexity index is 533. The Morgan fingerprint density at radius 2 is 2.06 bits per heavy atom. The van der Waals surface area contributed by atoms with Crippen molar-refractivity contribution in [3.63, 3.8) is 0 Å². The van der Waals surface area contributed by atoms with E-state index in [2.05, 4.69) is 0 Å². The molecular weight excluding hydrogens is 258 g/mol. The van der Waals surface area contributed by atoms with Crippen LogP contribution in [0.3, 0.4) is 0 Å². The normalized spacial score (nSPS) is 13.4. The molecule has 1 aromatic rings. The molecule has 0 saturated heterocycles. The summed E-state index contributed by atoms with van der Waals surface area (Å²) in [4.78, 5) is 22.5. The molecule has 0 aliphatic heterocycles. The van der Waals surface area contributed by atoms with Crippen LogP contribution in [-0.2, 0) is 4.79 Å². The molecule has 0 aliphatic rings. The van der Waals surface area contributed by atoms with Gasteiger partial charge in [0.05, 0.1) is 17.0 Å². The average Bonchev–Trinajstić information content (AvgIpc) is 2.35. The minimum atomic E-state index is -1.87. The third kappa shape index (κ3) is 2.86. The third-order valence-corrected chi connectivity index (χ3v) is 2.53. The van der Waals surface area contributed by atoms with Crippen molar-refractivity contribution in [1.29, 1.82) is 5.26 Å². The number of aliphatic hydroxyl groups excluding tert-OH is 1. The van der Waals surface area contributed by atoms with Gasteiger partial charge in [0, 0.05) is 11.1 Å². The fraction of sp³-hybridized carbons (Fsp3) is 0.250. The first-order valence-electron chi connectivity index (χ1n) is 5.01. The zero-order valence-corrected chi connectivity index (χ0v) is 10.2. The largest absolute Gasteiger partial charge is 0.479 e. The number of alkyl halides is 1. The summed E-state index contributed by atoms with van der Waals surface area (Å²) in [5, 5.41) is 26.2. The third-order valence-electron chi connectivity index (χ3n) is 2.34. The maximum atomic E-state index is 11.8. The SMILES string of the molecule is CC(Cl)C(=O)c1ccc(C#N)cc1C(O)C(=O)O.